The first-order valence-corrected chi connectivity index (χ1v) is 7.44. The summed E-state index contributed by atoms with van der Waals surface area (Å²) in [7, 11) is 0. The zero-order valence-electron chi connectivity index (χ0n) is 12.6. The van der Waals surface area contributed by atoms with E-state index in [2.05, 4.69) is 44.8 Å². The number of rotatable bonds is 6. The predicted octanol–water partition coefficient (Wildman–Crippen LogP) is 3.13. The van der Waals surface area contributed by atoms with E-state index in [-0.39, 0.29) is 0 Å². The SMILES string of the molecule is CCCNC1CCN(CC(C)(C)CC)CC1C. The highest BCUT2D eigenvalue weighted by Crippen LogP contribution is 2.25. The minimum atomic E-state index is 0.476. The van der Waals surface area contributed by atoms with Gasteiger partial charge in [-0.15, -0.1) is 0 Å². The van der Waals surface area contributed by atoms with Crippen LogP contribution in [0.3, 0.4) is 0 Å². The quantitative estimate of drug-likeness (QED) is 0.767. The van der Waals surface area contributed by atoms with E-state index >= 15 is 0 Å². The van der Waals surface area contributed by atoms with Crippen LogP contribution in [0.2, 0.25) is 0 Å². The molecule has 1 aliphatic heterocycles. The van der Waals surface area contributed by atoms with E-state index < -0.39 is 0 Å². The summed E-state index contributed by atoms with van der Waals surface area (Å²) in [6, 6.07) is 0.746. The van der Waals surface area contributed by atoms with Gasteiger partial charge in [0.05, 0.1) is 0 Å². The molecule has 0 saturated carbocycles. The maximum atomic E-state index is 3.69. The van der Waals surface area contributed by atoms with E-state index in [1.165, 1.54) is 45.4 Å². The summed E-state index contributed by atoms with van der Waals surface area (Å²) in [6.45, 7) is 16.7. The molecule has 0 radical (unpaired) electrons. The smallest absolute Gasteiger partial charge is 0.0117 e. The molecule has 0 bridgehead atoms. The number of hydrogen-bond acceptors (Lipinski definition) is 2. The summed E-state index contributed by atoms with van der Waals surface area (Å²) in [5, 5.41) is 3.69. The summed E-state index contributed by atoms with van der Waals surface area (Å²) < 4.78 is 0. The molecule has 1 rings (SSSR count). The number of likely N-dealkylation sites (tertiary alicyclic amines) is 1. The van der Waals surface area contributed by atoms with E-state index in [4.69, 9.17) is 0 Å². The summed E-state index contributed by atoms with van der Waals surface area (Å²) in [5.41, 5.74) is 0.476. The Labute approximate surface area is 108 Å². The molecule has 0 aromatic rings. The Kier molecular flexibility index (Phi) is 5.94. The second-order valence-electron chi connectivity index (χ2n) is 6.58. The van der Waals surface area contributed by atoms with Gasteiger partial charge in [0.15, 0.2) is 0 Å². The van der Waals surface area contributed by atoms with Gasteiger partial charge in [-0.3, -0.25) is 0 Å². The Morgan fingerprint density at radius 3 is 2.53 bits per heavy atom. The van der Waals surface area contributed by atoms with Crippen LogP contribution in [-0.4, -0.2) is 37.1 Å². The van der Waals surface area contributed by atoms with Crippen molar-refractivity contribution in [2.24, 2.45) is 11.3 Å². The molecule has 2 unspecified atom stereocenters. The molecule has 2 atom stereocenters. The molecule has 0 aliphatic carbocycles. The Bertz CT molecular complexity index is 213. The van der Waals surface area contributed by atoms with E-state index in [1.54, 1.807) is 0 Å². The maximum Gasteiger partial charge on any atom is 0.0117 e. The van der Waals surface area contributed by atoms with Gasteiger partial charge in [-0.2, -0.15) is 0 Å². The average molecular weight is 240 g/mol. The molecule has 17 heavy (non-hydrogen) atoms. The predicted molar refractivity (Wildman–Crippen MR) is 76.4 cm³/mol. The third-order valence-corrected chi connectivity index (χ3v) is 4.25. The summed E-state index contributed by atoms with van der Waals surface area (Å²) in [5.74, 6) is 0.794. The van der Waals surface area contributed by atoms with Crippen molar-refractivity contribution < 1.29 is 0 Å². The number of hydrogen-bond donors (Lipinski definition) is 1. The van der Waals surface area contributed by atoms with Crippen LogP contribution >= 0.6 is 0 Å². The lowest BCUT2D eigenvalue weighted by molar-refractivity contribution is 0.102. The van der Waals surface area contributed by atoms with E-state index in [0.717, 1.165) is 12.0 Å². The molecule has 2 heteroatoms. The second-order valence-corrected chi connectivity index (χ2v) is 6.58. The zero-order chi connectivity index (χ0) is 12.9. The van der Waals surface area contributed by atoms with Crippen LogP contribution in [0.15, 0.2) is 0 Å². The molecule has 1 N–H and O–H groups in total. The topological polar surface area (TPSA) is 15.3 Å². The molecule has 1 fully saturated rings. The lowest BCUT2D eigenvalue weighted by Gasteiger charge is -2.40. The van der Waals surface area contributed by atoms with Crippen LogP contribution in [0.1, 0.15) is 53.9 Å². The van der Waals surface area contributed by atoms with Crippen LogP contribution < -0.4 is 5.32 Å². The fraction of sp³-hybridized carbons (Fsp3) is 1.00. The molecule has 2 nitrogen and oxygen atoms in total. The van der Waals surface area contributed by atoms with Gasteiger partial charge in [0, 0.05) is 19.1 Å². The molecule has 102 valence electrons. The first kappa shape index (κ1) is 15.0. The molecule has 0 spiro atoms. The maximum absolute atomic E-state index is 3.69. The Morgan fingerprint density at radius 2 is 2.00 bits per heavy atom. The molecule has 1 aliphatic rings. The molecular formula is C15H32N2. The van der Waals surface area contributed by atoms with Crippen molar-refractivity contribution in [1.29, 1.82) is 0 Å². The molecule has 0 aromatic carbocycles. The molecule has 0 amide bonds. The Hall–Kier alpha value is -0.0800. The first-order valence-electron chi connectivity index (χ1n) is 7.44. The van der Waals surface area contributed by atoms with Crippen LogP contribution in [0.25, 0.3) is 0 Å². The summed E-state index contributed by atoms with van der Waals surface area (Å²) in [4.78, 5) is 2.66. The number of nitrogens with zero attached hydrogens (tertiary/aromatic N) is 1. The lowest BCUT2D eigenvalue weighted by atomic mass is 9.87. The largest absolute Gasteiger partial charge is 0.314 e. The highest BCUT2D eigenvalue weighted by molar-refractivity contribution is 4.84. The minimum absolute atomic E-state index is 0.476. The summed E-state index contributed by atoms with van der Waals surface area (Å²) in [6.07, 6.45) is 3.84. The van der Waals surface area contributed by atoms with Gasteiger partial charge in [0.25, 0.3) is 0 Å². The third-order valence-electron chi connectivity index (χ3n) is 4.25. The van der Waals surface area contributed by atoms with Gasteiger partial charge < -0.3 is 10.2 Å². The van der Waals surface area contributed by atoms with Crippen molar-refractivity contribution in [3.63, 3.8) is 0 Å². The van der Waals surface area contributed by atoms with E-state index in [0.29, 0.717) is 5.41 Å². The first-order chi connectivity index (χ1) is 7.98. The van der Waals surface area contributed by atoms with Gasteiger partial charge >= 0.3 is 0 Å². The molecule has 1 heterocycles. The fourth-order valence-corrected chi connectivity index (χ4v) is 2.73. The van der Waals surface area contributed by atoms with Crippen LogP contribution in [0.4, 0.5) is 0 Å². The van der Waals surface area contributed by atoms with Crippen LogP contribution in [0, 0.1) is 11.3 Å². The fourth-order valence-electron chi connectivity index (χ4n) is 2.73. The van der Waals surface area contributed by atoms with Crippen molar-refractivity contribution in [1.82, 2.24) is 10.2 Å². The summed E-state index contributed by atoms with van der Waals surface area (Å²) >= 11 is 0. The van der Waals surface area contributed by atoms with Gasteiger partial charge in [0.2, 0.25) is 0 Å². The molecule has 0 aromatic heterocycles. The van der Waals surface area contributed by atoms with Crippen molar-refractivity contribution in [3.05, 3.63) is 0 Å². The highest BCUT2D eigenvalue weighted by Gasteiger charge is 2.28. The standard InChI is InChI=1S/C15H32N2/c1-6-9-16-14-8-10-17(11-13(14)3)12-15(4,5)7-2/h13-14,16H,6-12H2,1-5H3. The van der Waals surface area contributed by atoms with Crippen molar-refractivity contribution >= 4 is 0 Å². The number of piperidine rings is 1. The van der Waals surface area contributed by atoms with Gasteiger partial charge in [-0.1, -0.05) is 34.6 Å². The minimum Gasteiger partial charge on any atom is -0.314 e. The average Bonchev–Trinajstić information content (AvgIpc) is 2.27. The Balaban J connectivity index is 2.36. The van der Waals surface area contributed by atoms with Crippen molar-refractivity contribution in [3.8, 4) is 0 Å². The zero-order valence-corrected chi connectivity index (χ0v) is 12.6. The van der Waals surface area contributed by atoms with Gasteiger partial charge in [0.1, 0.15) is 0 Å². The van der Waals surface area contributed by atoms with Crippen LogP contribution in [-0.2, 0) is 0 Å². The number of nitrogens with one attached hydrogen (secondary N) is 1. The highest BCUT2D eigenvalue weighted by atomic mass is 15.2. The van der Waals surface area contributed by atoms with Gasteiger partial charge in [-0.25, -0.2) is 0 Å². The monoisotopic (exact) mass is 240 g/mol. The van der Waals surface area contributed by atoms with Crippen molar-refractivity contribution in [2.75, 3.05) is 26.2 Å². The normalized spacial score (nSPS) is 27.4. The lowest BCUT2D eigenvalue weighted by Crippen LogP contribution is -2.50. The molecule has 1 saturated heterocycles. The van der Waals surface area contributed by atoms with E-state index in [9.17, 15) is 0 Å². The van der Waals surface area contributed by atoms with Crippen LogP contribution in [0.5, 0.6) is 0 Å². The Morgan fingerprint density at radius 1 is 1.29 bits per heavy atom. The van der Waals surface area contributed by atoms with E-state index in [1.807, 2.05) is 0 Å². The third kappa shape index (κ3) is 4.97. The van der Waals surface area contributed by atoms with Crippen molar-refractivity contribution in [2.45, 2.75) is 59.9 Å². The second kappa shape index (κ2) is 6.75. The molecular weight excluding hydrogens is 208 g/mol. The van der Waals surface area contributed by atoms with Gasteiger partial charge in [-0.05, 0) is 43.7 Å².